The molecule has 4 rings (SSSR count). The summed E-state index contributed by atoms with van der Waals surface area (Å²) < 4.78 is 30.9. The number of amides is 1. The van der Waals surface area contributed by atoms with E-state index >= 15 is 0 Å². The van der Waals surface area contributed by atoms with E-state index in [1.807, 2.05) is 60.7 Å². The van der Waals surface area contributed by atoms with Gasteiger partial charge < -0.3 is 14.6 Å². The summed E-state index contributed by atoms with van der Waals surface area (Å²) in [5.74, 6) is 0.635. The lowest BCUT2D eigenvalue weighted by atomic mass is 10.1. The predicted molar refractivity (Wildman–Crippen MR) is 121 cm³/mol. The summed E-state index contributed by atoms with van der Waals surface area (Å²) in [6.07, 6.45) is 1.15. The number of carbonyl (C=O) groups is 1. The SMILES string of the molecule is CS(=O)(=O)Cc1nc2ccccc2n1CC(=O)NCCOc1ccc2ccccc2c1. The van der Waals surface area contributed by atoms with Crippen molar-refractivity contribution in [3.05, 3.63) is 72.6 Å². The van der Waals surface area contributed by atoms with Crippen LogP contribution < -0.4 is 10.1 Å². The van der Waals surface area contributed by atoms with Crippen LogP contribution in [0.1, 0.15) is 5.82 Å². The molecule has 0 atom stereocenters. The van der Waals surface area contributed by atoms with Crippen LogP contribution in [0.3, 0.4) is 0 Å². The third-order valence-corrected chi connectivity index (χ3v) is 5.62. The lowest BCUT2D eigenvalue weighted by Crippen LogP contribution is -2.31. The van der Waals surface area contributed by atoms with Gasteiger partial charge in [-0.1, -0.05) is 42.5 Å². The summed E-state index contributed by atoms with van der Waals surface area (Å²) >= 11 is 0. The second kappa shape index (κ2) is 8.77. The highest BCUT2D eigenvalue weighted by Crippen LogP contribution is 2.20. The van der Waals surface area contributed by atoms with E-state index in [1.165, 1.54) is 0 Å². The van der Waals surface area contributed by atoms with Crippen molar-refractivity contribution in [2.24, 2.45) is 0 Å². The minimum absolute atomic E-state index is 0.0126. The molecule has 0 fully saturated rings. The van der Waals surface area contributed by atoms with Crippen molar-refractivity contribution in [2.75, 3.05) is 19.4 Å². The van der Waals surface area contributed by atoms with Crippen LogP contribution in [0, 0.1) is 0 Å². The zero-order valence-electron chi connectivity index (χ0n) is 17.1. The molecule has 3 aromatic carbocycles. The molecular formula is C23H23N3O4S. The smallest absolute Gasteiger partial charge is 0.240 e. The summed E-state index contributed by atoms with van der Waals surface area (Å²) in [6, 6.07) is 21.2. The Morgan fingerprint density at radius 3 is 2.58 bits per heavy atom. The van der Waals surface area contributed by atoms with Crippen LogP contribution in [0.4, 0.5) is 0 Å². The maximum atomic E-state index is 12.5. The molecule has 0 bridgehead atoms. The molecule has 1 aromatic heterocycles. The van der Waals surface area contributed by atoms with Crippen molar-refractivity contribution in [1.29, 1.82) is 0 Å². The van der Waals surface area contributed by atoms with E-state index in [9.17, 15) is 13.2 Å². The Balaban J connectivity index is 1.37. The van der Waals surface area contributed by atoms with Gasteiger partial charge in [0.15, 0.2) is 9.84 Å². The lowest BCUT2D eigenvalue weighted by Gasteiger charge is -2.11. The highest BCUT2D eigenvalue weighted by atomic mass is 32.2. The second-order valence-corrected chi connectivity index (χ2v) is 9.52. The Morgan fingerprint density at radius 1 is 1.03 bits per heavy atom. The van der Waals surface area contributed by atoms with E-state index < -0.39 is 9.84 Å². The van der Waals surface area contributed by atoms with Crippen LogP contribution in [0.25, 0.3) is 21.8 Å². The van der Waals surface area contributed by atoms with Crippen LogP contribution in [0.5, 0.6) is 5.75 Å². The van der Waals surface area contributed by atoms with Gasteiger partial charge in [-0.15, -0.1) is 0 Å². The third-order valence-electron chi connectivity index (χ3n) is 4.84. The summed E-state index contributed by atoms with van der Waals surface area (Å²) in [6.45, 7) is 0.645. The number of para-hydroxylation sites is 2. The molecule has 1 N–H and O–H groups in total. The molecule has 0 radical (unpaired) electrons. The maximum Gasteiger partial charge on any atom is 0.240 e. The Kier molecular flexibility index (Phi) is 5.90. The Bertz CT molecular complexity index is 1350. The van der Waals surface area contributed by atoms with Gasteiger partial charge in [-0.3, -0.25) is 4.79 Å². The fourth-order valence-corrected chi connectivity index (χ4v) is 4.15. The zero-order chi connectivity index (χ0) is 21.8. The minimum Gasteiger partial charge on any atom is -0.492 e. The monoisotopic (exact) mass is 437 g/mol. The standard InChI is InChI=1S/C23H23N3O4S/c1-31(28,29)16-22-25-20-8-4-5-9-21(20)26(22)15-23(27)24-12-13-30-19-11-10-17-6-2-3-7-18(17)14-19/h2-11,14H,12-13,15-16H2,1H3,(H,24,27). The van der Waals surface area contributed by atoms with Crippen molar-refractivity contribution >= 4 is 37.6 Å². The van der Waals surface area contributed by atoms with Crippen molar-refractivity contribution in [2.45, 2.75) is 12.3 Å². The number of hydrogen-bond donors (Lipinski definition) is 1. The van der Waals surface area contributed by atoms with Crippen LogP contribution in [-0.4, -0.2) is 43.3 Å². The van der Waals surface area contributed by atoms with Gasteiger partial charge in [0.25, 0.3) is 0 Å². The number of imidazole rings is 1. The van der Waals surface area contributed by atoms with Gasteiger partial charge in [0.05, 0.1) is 17.6 Å². The molecule has 1 heterocycles. The van der Waals surface area contributed by atoms with E-state index in [4.69, 9.17) is 4.74 Å². The molecule has 0 spiro atoms. The Morgan fingerprint density at radius 2 is 1.77 bits per heavy atom. The highest BCUT2D eigenvalue weighted by Gasteiger charge is 2.17. The number of nitrogens with zero attached hydrogens (tertiary/aromatic N) is 2. The molecular weight excluding hydrogens is 414 g/mol. The van der Waals surface area contributed by atoms with E-state index in [0.717, 1.165) is 28.3 Å². The molecule has 1 amide bonds. The lowest BCUT2D eigenvalue weighted by molar-refractivity contribution is -0.121. The number of aromatic nitrogens is 2. The molecule has 0 aliphatic carbocycles. The van der Waals surface area contributed by atoms with Gasteiger partial charge in [0.1, 0.15) is 30.5 Å². The molecule has 0 unspecified atom stereocenters. The fourth-order valence-electron chi connectivity index (χ4n) is 3.46. The van der Waals surface area contributed by atoms with E-state index in [2.05, 4.69) is 10.3 Å². The number of fused-ring (bicyclic) bond motifs is 2. The van der Waals surface area contributed by atoms with Gasteiger partial charge >= 0.3 is 0 Å². The van der Waals surface area contributed by atoms with E-state index in [0.29, 0.717) is 24.5 Å². The Labute approximate surface area is 180 Å². The van der Waals surface area contributed by atoms with Gasteiger partial charge in [0, 0.05) is 6.26 Å². The molecule has 7 nitrogen and oxygen atoms in total. The average Bonchev–Trinajstić information content (AvgIpc) is 3.06. The summed E-state index contributed by atoms with van der Waals surface area (Å²) in [5, 5.41) is 5.05. The van der Waals surface area contributed by atoms with Crippen LogP contribution >= 0.6 is 0 Å². The van der Waals surface area contributed by atoms with Crippen molar-refractivity contribution in [3.63, 3.8) is 0 Å². The number of sulfone groups is 1. The first-order chi connectivity index (χ1) is 14.9. The van der Waals surface area contributed by atoms with Gasteiger partial charge in [-0.2, -0.15) is 0 Å². The Hall–Kier alpha value is -3.39. The van der Waals surface area contributed by atoms with E-state index in [-0.39, 0.29) is 18.2 Å². The zero-order valence-corrected chi connectivity index (χ0v) is 17.9. The van der Waals surface area contributed by atoms with Gasteiger partial charge in [-0.05, 0) is 35.0 Å². The van der Waals surface area contributed by atoms with Crippen LogP contribution in [0.2, 0.25) is 0 Å². The number of nitrogens with one attached hydrogen (secondary N) is 1. The first-order valence-electron chi connectivity index (χ1n) is 9.89. The summed E-state index contributed by atoms with van der Waals surface area (Å²) in [7, 11) is -3.29. The molecule has 0 saturated carbocycles. The first-order valence-corrected chi connectivity index (χ1v) is 12.0. The molecule has 0 aliphatic heterocycles. The molecule has 0 saturated heterocycles. The molecule has 160 valence electrons. The van der Waals surface area contributed by atoms with Crippen molar-refractivity contribution in [3.8, 4) is 5.75 Å². The highest BCUT2D eigenvalue weighted by molar-refractivity contribution is 7.89. The third kappa shape index (κ3) is 5.21. The number of carbonyl (C=O) groups excluding carboxylic acids is 1. The van der Waals surface area contributed by atoms with Crippen LogP contribution in [-0.2, 0) is 26.9 Å². The number of benzene rings is 3. The molecule has 31 heavy (non-hydrogen) atoms. The quantitative estimate of drug-likeness (QED) is 0.428. The van der Waals surface area contributed by atoms with Gasteiger partial charge in [0.2, 0.25) is 5.91 Å². The second-order valence-electron chi connectivity index (χ2n) is 7.38. The van der Waals surface area contributed by atoms with Crippen LogP contribution in [0.15, 0.2) is 66.7 Å². The molecule has 0 aliphatic rings. The predicted octanol–water partition coefficient (Wildman–Crippen LogP) is 2.93. The number of ether oxygens (including phenoxy) is 1. The average molecular weight is 438 g/mol. The van der Waals surface area contributed by atoms with Crippen molar-refractivity contribution in [1.82, 2.24) is 14.9 Å². The molecule has 8 heteroatoms. The first kappa shape index (κ1) is 20.9. The minimum atomic E-state index is -3.29. The van der Waals surface area contributed by atoms with Gasteiger partial charge in [-0.25, -0.2) is 13.4 Å². The topological polar surface area (TPSA) is 90.3 Å². The maximum absolute atomic E-state index is 12.5. The molecule has 4 aromatic rings. The fraction of sp³-hybridized carbons (Fsp3) is 0.217. The van der Waals surface area contributed by atoms with Crippen molar-refractivity contribution < 1.29 is 17.9 Å². The number of hydrogen-bond acceptors (Lipinski definition) is 5. The number of rotatable bonds is 8. The van der Waals surface area contributed by atoms with E-state index in [1.54, 1.807) is 10.6 Å². The normalized spacial score (nSPS) is 11.6. The summed E-state index contributed by atoms with van der Waals surface area (Å²) in [4.78, 5) is 16.9. The largest absolute Gasteiger partial charge is 0.492 e. The summed E-state index contributed by atoms with van der Waals surface area (Å²) in [5.41, 5.74) is 1.39.